The predicted octanol–water partition coefficient (Wildman–Crippen LogP) is 3.56. The van der Waals surface area contributed by atoms with Gasteiger partial charge in [0.05, 0.1) is 18.2 Å². The standard InChI is InChI=1S/C15H23NO2S/c1-4-17-12-7-5-8-13(11-12)18-10-6-9-15(2,3)14(16)19/h5,7-8,11H,4,6,9-10H2,1-3H3,(H2,16,19). The van der Waals surface area contributed by atoms with Gasteiger partial charge in [-0.3, -0.25) is 0 Å². The maximum absolute atomic E-state index is 5.70. The molecule has 0 aliphatic carbocycles. The highest BCUT2D eigenvalue weighted by Gasteiger charge is 2.20. The number of nitrogens with two attached hydrogens (primary N) is 1. The molecule has 19 heavy (non-hydrogen) atoms. The number of hydrogen-bond donors (Lipinski definition) is 1. The fourth-order valence-electron chi connectivity index (χ4n) is 1.65. The van der Waals surface area contributed by atoms with Crippen molar-refractivity contribution in [2.75, 3.05) is 13.2 Å². The summed E-state index contributed by atoms with van der Waals surface area (Å²) in [6, 6.07) is 7.69. The highest BCUT2D eigenvalue weighted by atomic mass is 32.1. The van der Waals surface area contributed by atoms with Crippen LogP contribution >= 0.6 is 12.2 Å². The van der Waals surface area contributed by atoms with Crippen LogP contribution in [0, 0.1) is 5.41 Å². The van der Waals surface area contributed by atoms with Crippen LogP contribution in [0.25, 0.3) is 0 Å². The smallest absolute Gasteiger partial charge is 0.122 e. The van der Waals surface area contributed by atoms with Crippen LogP contribution < -0.4 is 15.2 Å². The van der Waals surface area contributed by atoms with Crippen molar-refractivity contribution in [2.45, 2.75) is 33.6 Å². The molecule has 0 unspecified atom stereocenters. The third-order valence-electron chi connectivity index (χ3n) is 3.00. The molecule has 0 bridgehead atoms. The maximum atomic E-state index is 5.70. The molecule has 106 valence electrons. The normalized spacial score (nSPS) is 11.1. The van der Waals surface area contributed by atoms with Crippen molar-refractivity contribution in [1.82, 2.24) is 0 Å². The first kappa shape index (κ1) is 15.8. The summed E-state index contributed by atoms with van der Waals surface area (Å²) in [5.41, 5.74) is 5.59. The molecule has 0 heterocycles. The third kappa shape index (κ3) is 5.47. The second-order valence-corrected chi connectivity index (χ2v) is 5.55. The van der Waals surface area contributed by atoms with Crippen molar-refractivity contribution in [3.63, 3.8) is 0 Å². The Morgan fingerprint density at radius 3 is 2.47 bits per heavy atom. The second kappa shape index (κ2) is 7.34. The zero-order chi connectivity index (χ0) is 14.3. The third-order valence-corrected chi connectivity index (χ3v) is 3.55. The van der Waals surface area contributed by atoms with Crippen molar-refractivity contribution < 1.29 is 9.47 Å². The number of rotatable bonds is 8. The SMILES string of the molecule is CCOc1cccc(OCCCC(C)(C)C(N)=S)c1. The van der Waals surface area contributed by atoms with E-state index in [1.54, 1.807) is 0 Å². The van der Waals surface area contributed by atoms with Gasteiger partial charge in [0.15, 0.2) is 0 Å². The largest absolute Gasteiger partial charge is 0.494 e. The Morgan fingerprint density at radius 2 is 1.89 bits per heavy atom. The molecule has 0 aliphatic rings. The Balaban J connectivity index is 2.37. The molecule has 2 N–H and O–H groups in total. The van der Waals surface area contributed by atoms with Gasteiger partial charge in [-0.2, -0.15) is 0 Å². The molecular weight excluding hydrogens is 258 g/mol. The Hall–Kier alpha value is -1.29. The summed E-state index contributed by atoms with van der Waals surface area (Å²) in [7, 11) is 0. The van der Waals surface area contributed by atoms with Crippen LogP contribution in [-0.4, -0.2) is 18.2 Å². The minimum atomic E-state index is -0.105. The van der Waals surface area contributed by atoms with E-state index in [0.29, 0.717) is 18.2 Å². The van der Waals surface area contributed by atoms with Gasteiger partial charge in [-0.15, -0.1) is 0 Å². The first-order valence-electron chi connectivity index (χ1n) is 6.61. The van der Waals surface area contributed by atoms with Crippen LogP contribution in [-0.2, 0) is 0 Å². The molecule has 1 aromatic carbocycles. The Morgan fingerprint density at radius 1 is 1.26 bits per heavy atom. The lowest BCUT2D eigenvalue weighted by Gasteiger charge is -2.22. The molecule has 0 saturated heterocycles. The van der Waals surface area contributed by atoms with E-state index in [1.807, 2.05) is 31.2 Å². The summed E-state index contributed by atoms with van der Waals surface area (Å²) < 4.78 is 11.1. The summed E-state index contributed by atoms with van der Waals surface area (Å²) in [5.74, 6) is 1.67. The van der Waals surface area contributed by atoms with Gasteiger partial charge >= 0.3 is 0 Å². The van der Waals surface area contributed by atoms with Crippen molar-refractivity contribution in [3.8, 4) is 11.5 Å². The molecular formula is C15H23NO2S. The van der Waals surface area contributed by atoms with Gasteiger partial charge in [-0.25, -0.2) is 0 Å². The van der Waals surface area contributed by atoms with E-state index < -0.39 is 0 Å². The monoisotopic (exact) mass is 281 g/mol. The number of ether oxygens (including phenoxy) is 2. The molecule has 1 aromatic rings. The quantitative estimate of drug-likeness (QED) is 0.584. The van der Waals surface area contributed by atoms with Gasteiger partial charge in [0.2, 0.25) is 0 Å². The average molecular weight is 281 g/mol. The zero-order valence-corrected chi connectivity index (χ0v) is 12.8. The van der Waals surface area contributed by atoms with E-state index >= 15 is 0 Å². The molecule has 0 aromatic heterocycles. The Bertz CT molecular complexity index is 418. The summed E-state index contributed by atoms with van der Waals surface area (Å²) in [6.07, 6.45) is 1.84. The van der Waals surface area contributed by atoms with Gasteiger partial charge in [-0.1, -0.05) is 32.1 Å². The van der Waals surface area contributed by atoms with E-state index in [0.717, 1.165) is 24.3 Å². The van der Waals surface area contributed by atoms with Crippen LogP contribution in [0.4, 0.5) is 0 Å². The number of thiocarbonyl (C=S) groups is 1. The number of hydrogen-bond acceptors (Lipinski definition) is 3. The molecule has 0 radical (unpaired) electrons. The minimum Gasteiger partial charge on any atom is -0.494 e. The molecule has 4 heteroatoms. The summed E-state index contributed by atoms with van der Waals surface area (Å²) in [5, 5.41) is 0. The minimum absolute atomic E-state index is 0.105. The molecule has 0 fully saturated rings. The van der Waals surface area contributed by atoms with E-state index in [4.69, 9.17) is 27.4 Å². The van der Waals surface area contributed by atoms with Crippen LogP contribution in [0.5, 0.6) is 11.5 Å². The molecule has 0 aliphatic heterocycles. The first-order chi connectivity index (χ1) is 8.95. The molecule has 1 rings (SSSR count). The zero-order valence-electron chi connectivity index (χ0n) is 11.9. The Labute approximate surface area is 121 Å². The van der Waals surface area contributed by atoms with E-state index in [1.165, 1.54) is 0 Å². The molecule has 0 atom stereocenters. The highest BCUT2D eigenvalue weighted by Crippen LogP contribution is 2.23. The van der Waals surface area contributed by atoms with Gasteiger partial charge in [0.1, 0.15) is 11.5 Å². The van der Waals surface area contributed by atoms with Gasteiger partial charge < -0.3 is 15.2 Å². The first-order valence-corrected chi connectivity index (χ1v) is 7.02. The van der Waals surface area contributed by atoms with Gasteiger partial charge in [0, 0.05) is 11.5 Å². The van der Waals surface area contributed by atoms with E-state index in [-0.39, 0.29) is 5.41 Å². The lowest BCUT2D eigenvalue weighted by molar-refractivity contribution is 0.284. The van der Waals surface area contributed by atoms with Crippen molar-refractivity contribution >= 4 is 17.2 Å². The summed E-state index contributed by atoms with van der Waals surface area (Å²) in [6.45, 7) is 7.40. The van der Waals surface area contributed by atoms with Gasteiger partial charge in [-0.05, 0) is 31.9 Å². The average Bonchev–Trinajstić information content (AvgIpc) is 2.35. The fourth-order valence-corrected chi connectivity index (χ4v) is 1.75. The molecule has 0 spiro atoms. The topological polar surface area (TPSA) is 44.5 Å². The fraction of sp³-hybridized carbons (Fsp3) is 0.533. The van der Waals surface area contributed by atoms with Crippen molar-refractivity contribution in [2.24, 2.45) is 11.1 Å². The Kier molecular flexibility index (Phi) is 6.09. The highest BCUT2D eigenvalue weighted by molar-refractivity contribution is 7.80. The molecule has 3 nitrogen and oxygen atoms in total. The summed E-state index contributed by atoms with van der Waals surface area (Å²) >= 11 is 5.04. The van der Waals surface area contributed by atoms with Crippen LogP contribution in [0.2, 0.25) is 0 Å². The predicted molar refractivity (Wildman–Crippen MR) is 82.9 cm³/mol. The lowest BCUT2D eigenvalue weighted by Crippen LogP contribution is -2.30. The van der Waals surface area contributed by atoms with Crippen molar-refractivity contribution in [1.29, 1.82) is 0 Å². The lowest BCUT2D eigenvalue weighted by atomic mass is 9.88. The van der Waals surface area contributed by atoms with Crippen LogP contribution in [0.3, 0.4) is 0 Å². The van der Waals surface area contributed by atoms with E-state index in [2.05, 4.69) is 13.8 Å². The van der Waals surface area contributed by atoms with Crippen LogP contribution in [0.1, 0.15) is 33.6 Å². The molecule has 0 amide bonds. The van der Waals surface area contributed by atoms with Gasteiger partial charge in [0.25, 0.3) is 0 Å². The maximum Gasteiger partial charge on any atom is 0.122 e. The number of benzene rings is 1. The van der Waals surface area contributed by atoms with Crippen LogP contribution in [0.15, 0.2) is 24.3 Å². The summed E-state index contributed by atoms with van der Waals surface area (Å²) in [4.78, 5) is 0.561. The van der Waals surface area contributed by atoms with E-state index in [9.17, 15) is 0 Å². The second-order valence-electron chi connectivity index (χ2n) is 5.11. The van der Waals surface area contributed by atoms with Crippen molar-refractivity contribution in [3.05, 3.63) is 24.3 Å². The molecule has 0 saturated carbocycles.